The first-order chi connectivity index (χ1) is 18.6. The molecule has 2 unspecified atom stereocenters. The predicted octanol–water partition coefficient (Wildman–Crippen LogP) is 2.80. The van der Waals surface area contributed by atoms with E-state index >= 15 is 0 Å². The second kappa shape index (κ2) is 16.5. The third kappa shape index (κ3) is 11.2. The second-order valence-electron chi connectivity index (χ2n) is 10.2. The molecule has 0 radical (unpaired) electrons. The molecule has 0 saturated heterocycles. The van der Waals surface area contributed by atoms with Gasteiger partial charge in [0.05, 0.1) is 30.9 Å². The maximum absolute atomic E-state index is 12.8. The number of rotatable bonds is 12. The summed E-state index contributed by atoms with van der Waals surface area (Å²) in [5.41, 5.74) is 7.00. The van der Waals surface area contributed by atoms with Gasteiger partial charge in [-0.3, -0.25) is 19.1 Å². The monoisotopic (exact) mass is 569 g/mol. The average Bonchev–Trinajstić information content (AvgIpc) is 2.91. The lowest BCUT2D eigenvalue weighted by atomic mass is 9.81. The van der Waals surface area contributed by atoms with Gasteiger partial charge in [-0.25, -0.2) is 0 Å². The number of unbranched alkanes of at least 4 members (excludes halogenated alkanes) is 1. The summed E-state index contributed by atoms with van der Waals surface area (Å²) in [5.74, 6) is 0.222. The van der Waals surface area contributed by atoms with E-state index in [0.29, 0.717) is 24.3 Å². The van der Waals surface area contributed by atoms with Gasteiger partial charge >= 0.3 is 10.4 Å². The number of amides is 2. The molecule has 10 nitrogen and oxygen atoms in total. The minimum Gasteiger partial charge on any atom is -0.348 e. The van der Waals surface area contributed by atoms with E-state index in [4.69, 9.17) is 5.73 Å². The van der Waals surface area contributed by atoms with E-state index in [0.717, 1.165) is 44.1 Å². The first-order valence-corrected chi connectivity index (χ1v) is 15.3. The highest BCUT2D eigenvalue weighted by Crippen LogP contribution is 2.34. The number of nitrogens with one attached hydrogen (secondary N) is 4. The fourth-order valence-electron chi connectivity index (χ4n) is 5.30. The lowest BCUT2D eigenvalue weighted by Gasteiger charge is -2.30. The van der Waals surface area contributed by atoms with Crippen LogP contribution in [0.15, 0.2) is 18.2 Å². The maximum atomic E-state index is 12.8. The van der Waals surface area contributed by atoms with Crippen molar-refractivity contribution in [2.75, 3.05) is 24.9 Å². The van der Waals surface area contributed by atoms with Crippen LogP contribution in [-0.4, -0.2) is 52.2 Å². The summed E-state index contributed by atoms with van der Waals surface area (Å²) in [6.07, 6.45) is 10.5. The molecule has 1 aromatic rings. The summed E-state index contributed by atoms with van der Waals surface area (Å²) in [7, 11) is -3.07. The third-order valence-corrected chi connectivity index (χ3v) is 7.62. The van der Waals surface area contributed by atoms with Gasteiger partial charge in [0.1, 0.15) is 0 Å². The Morgan fingerprint density at radius 2 is 1.79 bits per heavy atom. The molecule has 2 amide bonds. The molecule has 2 aliphatic carbocycles. The fourth-order valence-corrected chi connectivity index (χ4v) is 5.75. The van der Waals surface area contributed by atoms with Gasteiger partial charge in [0.15, 0.2) is 5.78 Å². The number of carbonyl (C=O) groups excluding carboxylic acids is 3. The van der Waals surface area contributed by atoms with Crippen molar-refractivity contribution in [1.29, 1.82) is 0 Å². The smallest absolute Gasteiger partial charge is 0.348 e. The van der Waals surface area contributed by atoms with Crippen molar-refractivity contribution in [3.8, 4) is 0 Å². The summed E-state index contributed by atoms with van der Waals surface area (Å²) in [6.45, 7) is 2.26. The fraction of sp³-hybridized carbons (Fsp3) is 0.667. The van der Waals surface area contributed by atoms with Crippen LogP contribution < -0.4 is 26.4 Å². The highest BCUT2D eigenvalue weighted by molar-refractivity contribution is 7.87. The molecule has 1 aromatic carbocycles. The highest BCUT2D eigenvalue weighted by Gasteiger charge is 2.30. The van der Waals surface area contributed by atoms with Crippen molar-refractivity contribution in [2.24, 2.45) is 11.7 Å². The zero-order valence-electron chi connectivity index (χ0n) is 23.1. The van der Waals surface area contributed by atoms with Crippen LogP contribution in [0.25, 0.3) is 0 Å². The van der Waals surface area contributed by atoms with Gasteiger partial charge in [0.2, 0.25) is 11.8 Å². The van der Waals surface area contributed by atoms with Gasteiger partial charge in [-0.15, -0.1) is 0 Å². The number of hydrogen-bond acceptors (Lipinski definition) is 7. The number of halogens is 1. The molecule has 0 bridgehead atoms. The second-order valence-corrected chi connectivity index (χ2v) is 11.3. The molecule has 220 valence electrons. The number of ketones is 1. The van der Waals surface area contributed by atoms with E-state index in [2.05, 4.69) is 22.9 Å². The number of Topliss-reactive ketones (excluding diaryl/α,β-unsaturated/α-hetero) is 1. The van der Waals surface area contributed by atoms with Gasteiger partial charge in [0, 0.05) is 6.42 Å². The molecular weight excluding hydrogens is 525 g/mol. The van der Waals surface area contributed by atoms with Crippen LogP contribution in [0.2, 0.25) is 0 Å². The highest BCUT2D eigenvalue weighted by atomic mass is 32.3. The Labute approximate surface area is 231 Å². The van der Waals surface area contributed by atoms with Crippen LogP contribution in [0.5, 0.6) is 0 Å². The normalized spacial score (nSPS) is 18.1. The van der Waals surface area contributed by atoms with E-state index in [1.54, 1.807) is 19.2 Å². The van der Waals surface area contributed by atoms with Crippen molar-refractivity contribution in [3.05, 3.63) is 29.3 Å². The number of nitrogens with two attached hydrogens (primary N) is 1. The topological polar surface area (TPSA) is 159 Å². The number of likely N-dealkylation sites (N-methyl/N-ethyl adjacent to an activating group) is 1. The van der Waals surface area contributed by atoms with Crippen molar-refractivity contribution >= 4 is 33.7 Å². The van der Waals surface area contributed by atoms with Crippen LogP contribution >= 0.6 is 0 Å². The Morgan fingerprint density at radius 1 is 1.08 bits per heavy atom. The van der Waals surface area contributed by atoms with Gasteiger partial charge in [0.25, 0.3) is 0 Å². The van der Waals surface area contributed by atoms with E-state index in [-0.39, 0.29) is 48.5 Å². The number of hydrogen-bond donors (Lipinski definition) is 5. The van der Waals surface area contributed by atoms with Gasteiger partial charge < -0.3 is 21.7 Å². The lowest BCUT2D eigenvalue weighted by Crippen LogP contribution is -2.48. The molecule has 1 saturated carbocycles. The largest absolute Gasteiger partial charge is 0.396 e. The van der Waals surface area contributed by atoms with Crippen LogP contribution in [0, 0.1) is 5.92 Å². The quantitative estimate of drug-likeness (QED) is 0.242. The first-order valence-electron chi connectivity index (χ1n) is 13.9. The Kier molecular flexibility index (Phi) is 13.8. The molecule has 12 heteroatoms. The Hall–Kier alpha value is -2.57. The predicted molar refractivity (Wildman–Crippen MR) is 150 cm³/mol. The van der Waals surface area contributed by atoms with Crippen LogP contribution in [-0.2, 0) is 31.2 Å². The van der Waals surface area contributed by atoms with Crippen LogP contribution in [0.1, 0.15) is 88.3 Å². The zero-order valence-corrected chi connectivity index (χ0v) is 23.9. The SMILES string of the molecule is CCCCC(=O)C(NC(=O)CNC)C1CCCCC1.NCC(=O)NC1CCCc2c(NS(=O)(=O)F)cccc21. The molecule has 1 fully saturated rings. The van der Waals surface area contributed by atoms with Gasteiger partial charge in [-0.05, 0) is 68.7 Å². The van der Waals surface area contributed by atoms with Crippen molar-refractivity contribution in [1.82, 2.24) is 16.0 Å². The summed E-state index contributed by atoms with van der Waals surface area (Å²) in [6, 6.07) is 4.44. The average molecular weight is 570 g/mol. The number of fused-ring (bicyclic) bond motifs is 1. The molecule has 2 aliphatic rings. The molecule has 0 heterocycles. The summed E-state index contributed by atoms with van der Waals surface area (Å²) in [4.78, 5) is 35.5. The third-order valence-electron chi connectivity index (χ3n) is 7.16. The van der Waals surface area contributed by atoms with Gasteiger partial charge in [-0.1, -0.05) is 48.6 Å². The Morgan fingerprint density at radius 3 is 2.41 bits per heavy atom. The standard InChI is InChI=1S/C15H28N2O2.C12H16FN3O3S/c1-3-4-10-13(18)15(17-14(19)11-16-2)12-8-6-5-7-9-12;13-20(18,19)16-11-6-2-3-8-9(11)4-1-5-10(8)15-12(17)7-14/h12,15-16H,3-11H2,1-2H3,(H,17,19);2-3,6,10,16H,1,4-5,7,14H2,(H,15,17). The lowest BCUT2D eigenvalue weighted by molar-refractivity contribution is -0.129. The summed E-state index contributed by atoms with van der Waals surface area (Å²) in [5, 5.41) is 8.56. The first kappa shape index (κ1) is 32.6. The van der Waals surface area contributed by atoms with E-state index < -0.39 is 10.4 Å². The molecule has 39 heavy (non-hydrogen) atoms. The number of anilines is 1. The summed E-state index contributed by atoms with van der Waals surface area (Å²) >= 11 is 0. The molecule has 2 atom stereocenters. The molecule has 3 rings (SSSR count). The Bertz CT molecular complexity index is 1060. The van der Waals surface area contributed by atoms with Gasteiger partial charge in [-0.2, -0.15) is 8.42 Å². The maximum Gasteiger partial charge on any atom is 0.396 e. The summed E-state index contributed by atoms with van der Waals surface area (Å²) < 4.78 is 36.1. The Balaban J connectivity index is 0.000000274. The minimum atomic E-state index is -4.81. The molecule has 6 N–H and O–H groups in total. The number of carbonyl (C=O) groups is 3. The van der Waals surface area contributed by atoms with Crippen LogP contribution in [0.3, 0.4) is 0 Å². The van der Waals surface area contributed by atoms with E-state index in [9.17, 15) is 26.7 Å². The molecule has 0 spiro atoms. The minimum absolute atomic E-state index is 0.0667. The van der Waals surface area contributed by atoms with E-state index in [1.165, 1.54) is 25.3 Å². The molecule has 0 aliphatic heterocycles. The number of benzene rings is 1. The van der Waals surface area contributed by atoms with Crippen molar-refractivity contribution in [3.63, 3.8) is 0 Å². The van der Waals surface area contributed by atoms with Crippen molar-refractivity contribution < 1.29 is 26.7 Å². The zero-order chi connectivity index (χ0) is 28.8. The van der Waals surface area contributed by atoms with Crippen molar-refractivity contribution in [2.45, 2.75) is 89.6 Å². The van der Waals surface area contributed by atoms with E-state index in [1.807, 2.05) is 4.72 Å². The molecular formula is C27H44FN5O5S. The van der Waals surface area contributed by atoms with Crippen LogP contribution in [0.4, 0.5) is 9.57 Å². The molecule has 0 aromatic heterocycles.